The van der Waals surface area contributed by atoms with Gasteiger partial charge in [-0.3, -0.25) is 4.79 Å². The molecule has 23 heavy (non-hydrogen) atoms. The number of hydrogen-bond donors (Lipinski definition) is 3. The molecule has 0 aliphatic heterocycles. The second-order valence-corrected chi connectivity index (χ2v) is 6.28. The summed E-state index contributed by atoms with van der Waals surface area (Å²) in [7, 11) is 0. The van der Waals surface area contributed by atoms with Gasteiger partial charge in [0, 0.05) is 6.42 Å². The first-order valence-electron chi connectivity index (χ1n) is 9.71. The van der Waals surface area contributed by atoms with E-state index in [1.165, 1.54) is 83.5 Å². The number of rotatable bonds is 16. The van der Waals surface area contributed by atoms with Crippen molar-refractivity contribution in [2.75, 3.05) is 6.73 Å². The number of carboxylic acids is 1. The average molecular weight is 332 g/mol. The van der Waals surface area contributed by atoms with Gasteiger partial charge in [-0.25, -0.2) is 0 Å². The highest BCUT2D eigenvalue weighted by atomic mass is 16.4. The number of hydrogen-bond acceptors (Lipinski definition) is 3. The molecule has 0 aliphatic rings. The van der Waals surface area contributed by atoms with Crippen LogP contribution in [-0.4, -0.2) is 22.9 Å². The number of aliphatic hydroxyl groups is 1. The van der Waals surface area contributed by atoms with Gasteiger partial charge in [-0.05, 0) is 6.42 Å². The maximum atomic E-state index is 10.3. The topological polar surface area (TPSA) is 83.5 Å². The van der Waals surface area contributed by atoms with E-state index in [-0.39, 0.29) is 6.73 Å². The third kappa shape index (κ3) is 29.9. The molecule has 0 heterocycles. The second-order valence-electron chi connectivity index (χ2n) is 6.28. The molecule has 0 saturated carbocycles. The lowest BCUT2D eigenvalue weighted by Crippen LogP contribution is -1.93. The number of aliphatic carboxylic acids is 1. The summed E-state index contributed by atoms with van der Waals surface area (Å²) in [6.07, 6.45) is 20.2. The summed E-state index contributed by atoms with van der Waals surface area (Å²) in [5.41, 5.74) is 4.40. The number of carbonyl (C=O) groups is 1. The van der Waals surface area contributed by atoms with Crippen LogP contribution in [-0.2, 0) is 4.79 Å². The van der Waals surface area contributed by atoms with Gasteiger partial charge < -0.3 is 15.9 Å². The van der Waals surface area contributed by atoms with Gasteiger partial charge in [0.25, 0.3) is 0 Å². The van der Waals surface area contributed by atoms with Gasteiger partial charge in [0.05, 0.1) is 6.73 Å². The maximum Gasteiger partial charge on any atom is 0.303 e. The molecule has 0 aromatic carbocycles. The van der Waals surface area contributed by atoms with Gasteiger partial charge in [-0.2, -0.15) is 0 Å². The summed E-state index contributed by atoms with van der Waals surface area (Å²) in [5.74, 6) is -0.653. The van der Waals surface area contributed by atoms with Crippen LogP contribution in [0.2, 0.25) is 0 Å². The molecule has 0 fully saturated rings. The molecule has 0 saturated heterocycles. The predicted octanol–water partition coefficient (Wildman–Crippen LogP) is 5.23. The van der Waals surface area contributed by atoms with Crippen LogP contribution < -0.4 is 5.73 Å². The summed E-state index contributed by atoms with van der Waals surface area (Å²) in [6, 6.07) is 0. The highest BCUT2D eigenvalue weighted by molar-refractivity contribution is 5.66. The van der Waals surface area contributed by atoms with Gasteiger partial charge in [-0.15, -0.1) is 0 Å². The monoisotopic (exact) mass is 331 g/mol. The van der Waals surface area contributed by atoms with Gasteiger partial charge in [0.2, 0.25) is 0 Å². The summed E-state index contributed by atoms with van der Waals surface area (Å²) in [6.45, 7) is 2.02. The number of nitrogens with two attached hydrogens (primary N) is 1. The Labute approximate surface area is 143 Å². The molecule has 0 spiro atoms. The highest BCUT2D eigenvalue weighted by Crippen LogP contribution is 2.13. The Morgan fingerprint density at radius 2 is 0.957 bits per heavy atom. The summed E-state index contributed by atoms with van der Waals surface area (Å²) >= 11 is 0. The van der Waals surface area contributed by atoms with Crippen molar-refractivity contribution in [2.45, 2.75) is 110 Å². The van der Waals surface area contributed by atoms with Crippen molar-refractivity contribution in [3.63, 3.8) is 0 Å². The highest BCUT2D eigenvalue weighted by Gasteiger charge is 1.97. The lowest BCUT2D eigenvalue weighted by atomic mass is 10.0. The van der Waals surface area contributed by atoms with Crippen molar-refractivity contribution < 1.29 is 15.0 Å². The Balaban J connectivity index is 0. The average Bonchev–Trinajstić information content (AvgIpc) is 2.51. The van der Waals surface area contributed by atoms with Crippen molar-refractivity contribution in [1.29, 1.82) is 0 Å². The van der Waals surface area contributed by atoms with E-state index in [0.29, 0.717) is 6.42 Å². The van der Waals surface area contributed by atoms with E-state index >= 15 is 0 Å². The standard InChI is InChI=1S/C18H36O2.CH5NO/c1-2-3-4-5-6-7-8-9-10-11-12-13-14-15-16-17-18(19)20;2-1-3/h2-17H2,1H3,(H,19,20);3H,1-2H2. The van der Waals surface area contributed by atoms with Crippen molar-refractivity contribution in [3.05, 3.63) is 0 Å². The molecule has 0 unspecified atom stereocenters. The molecule has 0 atom stereocenters. The fraction of sp³-hybridized carbons (Fsp3) is 0.947. The Morgan fingerprint density at radius 1 is 0.696 bits per heavy atom. The minimum absolute atomic E-state index is 0.250. The second kappa shape index (κ2) is 23.7. The molecule has 140 valence electrons. The summed E-state index contributed by atoms with van der Waals surface area (Å²) < 4.78 is 0. The maximum absolute atomic E-state index is 10.3. The SMILES string of the molecule is CCCCCCCCCCCCCCCCCC(=O)O.NCO. The van der Waals surface area contributed by atoms with Crippen molar-refractivity contribution in [1.82, 2.24) is 0 Å². The zero-order valence-corrected chi connectivity index (χ0v) is 15.4. The number of carboxylic acid groups (broad SMARTS) is 1. The number of aliphatic hydroxyl groups excluding tert-OH is 1. The molecule has 0 aromatic rings. The molecular formula is C19H41NO3. The third-order valence-corrected chi connectivity index (χ3v) is 3.99. The van der Waals surface area contributed by atoms with Crippen LogP contribution >= 0.6 is 0 Å². The van der Waals surface area contributed by atoms with Gasteiger partial charge in [0.1, 0.15) is 0 Å². The molecule has 4 nitrogen and oxygen atoms in total. The predicted molar refractivity (Wildman–Crippen MR) is 98.5 cm³/mol. The quantitative estimate of drug-likeness (QED) is 0.267. The molecule has 0 radical (unpaired) electrons. The first kappa shape index (κ1) is 24.6. The molecular weight excluding hydrogens is 290 g/mol. The minimum atomic E-state index is -0.653. The van der Waals surface area contributed by atoms with E-state index in [2.05, 4.69) is 12.7 Å². The Morgan fingerprint density at radius 3 is 1.22 bits per heavy atom. The minimum Gasteiger partial charge on any atom is -0.481 e. The lowest BCUT2D eigenvalue weighted by molar-refractivity contribution is -0.137. The van der Waals surface area contributed by atoms with Crippen LogP contribution in [0.25, 0.3) is 0 Å². The van der Waals surface area contributed by atoms with E-state index in [9.17, 15) is 4.79 Å². The normalized spacial score (nSPS) is 10.2. The van der Waals surface area contributed by atoms with E-state index in [4.69, 9.17) is 10.2 Å². The first-order chi connectivity index (χ1) is 11.2. The van der Waals surface area contributed by atoms with Crippen molar-refractivity contribution in [2.24, 2.45) is 5.73 Å². The Bertz CT molecular complexity index is 223. The molecule has 0 bridgehead atoms. The van der Waals surface area contributed by atoms with Crippen molar-refractivity contribution in [3.8, 4) is 0 Å². The van der Waals surface area contributed by atoms with Crippen LogP contribution in [0, 0.1) is 0 Å². The summed E-state index contributed by atoms with van der Waals surface area (Å²) in [4.78, 5) is 10.3. The number of unbranched alkanes of at least 4 members (excludes halogenated alkanes) is 14. The van der Waals surface area contributed by atoms with Crippen LogP contribution in [0.3, 0.4) is 0 Å². The van der Waals surface area contributed by atoms with Gasteiger partial charge in [0.15, 0.2) is 0 Å². The Hall–Kier alpha value is -0.610. The zero-order chi connectivity index (χ0) is 17.6. The molecule has 0 amide bonds. The fourth-order valence-electron chi connectivity index (χ4n) is 2.65. The van der Waals surface area contributed by atoms with Crippen molar-refractivity contribution >= 4 is 5.97 Å². The van der Waals surface area contributed by atoms with E-state index in [1.54, 1.807) is 0 Å². The lowest BCUT2D eigenvalue weighted by Gasteiger charge is -2.03. The zero-order valence-electron chi connectivity index (χ0n) is 15.4. The molecule has 0 aliphatic carbocycles. The van der Waals surface area contributed by atoms with E-state index in [1.807, 2.05) is 0 Å². The largest absolute Gasteiger partial charge is 0.481 e. The molecule has 0 aromatic heterocycles. The van der Waals surface area contributed by atoms with Crippen LogP contribution in [0.15, 0.2) is 0 Å². The van der Waals surface area contributed by atoms with Gasteiger partial charge in [-0.1, -0.05) is 96.8 Å². The van der Waals surface area contributed by atoms with Crippen LogP contribution in [0.4, 0.5) is 0 Å². The van der Waals surface area contributed by atoms with E-state index in [0.717, 1.165) is 12.8 Å². The van der Waals surface area contributed by atoms with Gasteiger partial charge >= 0.3 is 5.97 Å². The fourth-order valence-corrected chi connectivity index (χ4v) is 2.65. The Kier molecular flexibility index (Phi) is 25.3. The van der Waals surface area contributed by atoms with Crippen LogP contribution in [0.1, 0.15) is 110 Å². The van der Waals surface area contributed by atoms with E-state index < -0.39 is 5.97 Å². The third-order valence-electron chi connectivity index (χ3n) is 3.99. The first-order valence-corrected chi connectivity index (χ1v) is 9.71. The smallest absolute Gasteiger partial charge is 0.303 e. The summed E-state index contributed by atoms with van der Waals surface area (Å²) in [5, 5.41) is 15.9. The molecule has 0 rings (SSSR count). The van der Waals surface area contributed by atoms with Crippen LogP contribution in [0.5, 0.6) is 0 Å². The molecule has 4 heteroatoms. The molecule has 4 N–H and O–H groups in total.